The number of carbonyl (C=O) groups is 2. The van der Waals surface area contributed by atoms with E-state index in [1.54, 1.807) is 30.4 Å². The van der Waals surface area contributed by atoms with E-state index < -0.39 is 0 Å². The van der Waals surface area contributed by atoms with Crippen LogP contribution in [0, 0.1) is 20.8 Å². The minimum absolute atomic E-state index is 0.0489. The molecule has 1 amide bonds. The summed E-state index contributed by atoms with van der Waals surface area (Å²) in [4.78, 5) is 33.3. The molecule has 0 aliphatic rings. The maximum absolute atomic E-state index is 12.1. The molecule has 0 bridgehead atoms. The van der Waals surface area contributed by atoms with Gasteiger partial charge in [-0.1, -0.05) is 0 Å². The predicted octanol–water partition coefficient (Wildman–Crippen LogP) is 5.78. The van der Waals surface area contributed by atoms with Crippen molar-refractivity contribution in [2.45, 2.75) is 27.7 Å². The van der Waals surface area contributed by atoms with Crippen molar-refractivity contribution in [2.24, 2.45) is 0 Å². The zero-order valence-corrected chi connectivity index (χ0v) is 17.9. The summed E-state index contributed by atoms with van der Waals surface area (Å²) in [5.41, 5.74) is 5.90. The molecule has 0 saturated heterocycles. The van der Waals surface area contributed by atoms with Gasteiger partial charge in [0, 0.05) is 27.4 Å². The fourth-order valence-electron chi connectivity index (χ4n) is 3.56. The van der Waals surface area contributed by atoms with Crippen LogP contribution in [0.2, 0.25) is 0 Å². The largest absolute Gasteiger partial charge is 0.459 e. The molecule has 0 radical (unpaired) electrons. The number of H-pyrrole nitrogens is 1. The molecule has 3 heterocycles. The monoisotopic (exact) mass is 419 g/mol. The van der Waals surface area contributed by atoms with Gasteiger partial charge in [-0.2, -0.15) is 0 Å². The van der Waals surface area contributed by atoms with E-state index in [1.807, 2.05) is 45.0 Å². The van der Waals surface area contributed by atoms with Crippen LogP contribution in [0.15, 0.2) is 47.1 Å². The van der Waals surface area contributed by atoms with E-state index in [2.05, 4.69) is 10.3 Å². The van der Waals surface area contributed by atoms with Crippen LogP contribution >= 0.6 is 11.3 Å². The second-order valence-electron chi connectivity index (χ2n) is 7.11. The molecule has 2 N–H and O–H groups in total. The molecule has 1 aromatic carbocycles. The van der Waals surface area contributed by atoms with Gasteiger partial charge in [-0.25, -0.2) is 4.98 Å². The number of amides is 1. The van der Waals surface area contributed by atoms with Gasteiger partial charge >= 0.3 is 0 Å². The number of hydrogen-bond acceptors (Lipinski definition) is 5. The second-order valence-corrected chi connectivity index (χ2v) is 8.32. The smallest absolute Gasteiger partial charge is 0.291 e. The molecule has 0 unspecified atom stereocenters. The first-order valence-corrected chi connectivity index (χ1v) is 10.3. The lowest BCUT2D eigenvalue weighted by Crippen LogP contribution is -2.10. The maximum Gasteiger partial charge on any atom is 0.291 e. The lowest BCUT2D eigenvalue weighted by atomic mass is 10.1. The van der Waals surface area contributed by atoms with Crippen molar-refractivity contribution in [3.05, 3.63) is 70.1 Å². The van der Waals surface area contributed by atoms with Crippen molar-refractivity contribution in [1.29, 1.82) is 0 Å². The highest BCUT2D eigenvalue weighted by atomic mass is 32.1. The summed E-state index contributed by atoms with van der Waals surface area (Å²) >= 11 is 1.59. The van der Waals surface area contributed by atoms with Crippen molar-refractivity contribution in [2.75, 3.05) is 5.32 Å². The van der Waals surface area contributed by atoms with Gasteiger partial charge < -0.3 is 14.7 Å². The number of carbonyl (C=O) groups excluding carboxylic acids is 2. The number of Topliss-reactive ketones (excluding diaryl/α,β-unsaturated/α-hetero) is 1. The minimum Gasteiger partial charge on any atom is -0.459 e. The van der Waals surface area contributed by atoms with Crippen LogP contribution in [0.1, 0.15) is 44.0 Å². The SMILES string of the molecule is CC(=O)c1c(C)[nH]c(-c2nc(-c3ccc(NC(=O)c4ccco4)cc3)sc2C)c1C. The molecule has 152 valence electrons. The second kappa shape index (κ2) is 7.76. The van der Waals surface area contributed by atoms with Crippen LogP contribution in [0.3, 0.4) is 0 Å². The normalized spacial score (nSPS) is 10.9. The van der Waals surface area contributed by atoms with Crippen LogP contribution in [0.5, 0.6) is 0 Å². The molecule has 0 atom stereocenters. The van der Waals surface area contributed by atoms with Crippen molar-refractivity contribution in [3.63, 3.8) is 0 Å². The summed E-state index contributed by atoms with van der Waals surface area (Å²) in [6, 6.07) is 10.8. The van der Waals surface area contributed by atoms with Gasteiger partial charge in [-0.3, -0.25) is 9.59 Å². The number of anilines is 1. The Balaban J connectivity index is 1.60. The molecular formula is C23H21N3O3S. The summed E-state index contributed by atoms with van der Waals surface area (Å²) in [6.45, 7) is 7.46. The Hall–Kier alpha value is -3.45. The Morgan fingerprint density at radius 3 is 2.43 bits per heavy atom. The standard InChI is InChI=1S/C23H21N3O3S/c1-12-19(14(3)27)13(2)24-20(12)21-15(4)30-23(26-21)16-7-9-17(10-8-16)25-22(28)18-6-5-11-29-18/h5-11,24H,1-4H3,(H,25,28). The number of thiazole rings is 1. The topological polar surface area (TPSA) is 88.0 Å². The third-order valence-corrected chi connectivity index (χ3v) is 5.98. The Labute approximate surface area is 178 Å². The van der Waals surface area contributed by atoms with E-state index in [0.29, 0.717) is 5.69 Å². The molecule has 7 heteroatoms. The van der Waals surface area contributed by atoms with E-state index in [0.717, 1.165) is 43.7 Å². The van der Waals surface area contributed by atoms with Crippen LogP contribution in [0.4, 0.5) is 5.69 Å². The average molecular weight is 420 g/mol. The van der Waals surface area contributed by atoms with Gasteiger partial charge in [0.2, 0.25) is 0 Å². The number of ketones is 1. The summed E-state index contributed by atoms with van der Waals surface area (Å²) in [5, 5.41) is 3.68. The molecule has 30 heavy (non-hydrogen) atoms. The van der Waals surface area contributed by atoms with Gasteiger partial charge in [0.25, 0.3) is 5.91 Å². The Morgan fingerprint density at radius 2 is 1.83 bits per heavy atom. The number of benzene rings is 1. The minimum atomic E-state index is -0.293. The molecule has 0 spiro atoms. The zero-order valence-electron chi connectivity index (χ0n) is 17.1. The molecule has 0 aliphatic carbocycles. The third kappa shape index (κ3) is 3.59. The predicted molar refractivity (Wildman–Crippen MR) is 118 cm³/mol. The van der Waals surface area contributed by atoms with E-state index in [-0.39, 0.29) is 17.5 Å². The Bertz CT molecular complexity index is 1230. The van der Waals surface area contributed by atoms with Crippen LogP contribution in [-0.4, -0.2) is 21.7 Å². The molecule has 4 rings (SSSR count). The quantitative estimate of drug-likeness (QED) is 0.402. The fraction of sp³-hybridized carbons (Fsp3) is 0.174. The number of rotatable bonds is 5. The number of aromatic amines is 1. The average Bonchev–Trinajstić information content (AvgIpc) is 3.42. The highest BCUT2D eigenvalue weighted by Gasteiger charge is 2.20. The maximum atomic E-state index is 12.1. The van der Waals surface area contributed by atoms with E-state index in [4.69, 9.17) is 9.40 Å². The van der Waals surface area contributed by atoms with Crippen molar-refractivity contribution in [1.82, 2.24) is 9.97 Å². The molecule has 6 nitrogen and oxygen atoms in total. The number of nitrogens with one attached hydrogen (secondary N) is 2. The molecule has 0 aliphatic heterocycles. The van der Waals surface area contributed by atoms with Gasteiger partial charge in [-0.05, 0) is 69.7 Å². The molecule has 4 aromatic rings. The lowest BCUT2D eigenvalue weighted by Gasteiger charge is -2.04. The van der Waals surface area contributed by atoms with Crippen molar-refractivity contribution >= 4 is 28.7 Å². The molecule has 3 aromatic heterocycles. The summed E-state index contributed by atoms with van der Waals surface area (Å²) < 4.78 is 5.11. The Kier molecular flexibility index (Phi) is 5.13. The summed E-state index contributed by atoms with van der Waals surface area (Å²) in [6.07, 6.45) is 1.47. The fourth-order valence-corrected chi connectivity index (χ4v) is 4.49. The van der Waals surface area contributed by atoms with Crippen molar-refractivity contribution in [3.8, 4) is 22.0 Å². The van der Waals surface area contributed by atoms with Crippen LogP contribution in [-0.2, 0) is 0 Å². The molecule has 0 fully saturated rings. The number of furan rings is 1. The lowest BCUT2D eigenvalue weighted by molar-refractivity contribution is 0.0993. The summed E-state index contributed by atoms with van der Waals surface area (Å²) in [7, 11) is 0. The highest BCUT2D eigenvalue weighted by molar-refractivity contribution is 7.15. The van der Waals surface area contributed by atoms with E-state index >= 15 is 0 Å². The zero-order chi connectivity index (χ0) is 21.4. The van der Waals surface area contributed by atoms with Gasteiger partial charge in [0.1, 0.15) is 10.7 Å². The van der Waals surface area contributed by atoms with Gasteiger partial charge in [0.15, 0.2) is 11.5 Å². The first kappa shape index (κ1) is 19.8. The Morgan fingerprint density at radius 1 is 1.10 bits per heavy atom. The number of hydrogen-bond donors (Lipinski definition) is 2. The number of nitrogens with zero attached hydrogens (tertiary/aromatic N) is 1. The van der Waals surface area contributed by atoms with Gasteiger partial charge in [0.05, 0.1) is 12.0 Å². The van der Waals surface area contributed by atoms with Crippen molar-refractivity contribution < 1.29 is 14.0 Å². The first-order valence-electron chi connectivity index (χ1n) is 9.48. The number of aromatic nitrogens is 2. The molecular weight excluding hydrogens is 398 g/mol. The highest BCUT2D eigenvalue weighted by Crippen LogP contribution is 2.36. The van der Waals surface area contributed by atoms with E-state index in [1.165, 1.54) is 6.26 Å². The first-order chi connectivity index (χ1) is 14.3. The van der Waals surface area contributed by atoms with E-state index in [9.17, 15) is 9.59 Å². The molecule has 0 saturated carbocycles. The number of aryl methyl sites for hydroxylation is 2. The summed E-state index contributed by atoms with van der Waals surface area (Å²) in [5.74, 6) is 0.0209. The van der Waals surface area contributed by atoms with Gasteiger partial charge in [-0.15, -0.1) is 11.3 Å². The van der Waals surface area contributed by atoms with Crippen LogP contribution in [0.25, 0.3) is 22.0 Å². The third-order valence-electron chi connectivity index (χ3n) is 4.96. The van der Waals surface area contributed by atoms with Crippen LogP contribution < -0.4 is 5.32 Å².